The van der Waals surface area contributed by atoms with Crippen LogP contribution in [0.5, 0.6) is 11.6 Å². The molecule has 0 bridgehead atoms. The van der Waals surface area contributed by atoms with E-state index in [2.05, 4.69) is 15.3 Å². The van der Waals surface area contributed by atoms with E-state index >= 15 is 0 Å². The molecule has 1 aliphatic heterocycles. The number of thiophene rings is 1. The highest BCUT2D eigenvalue weighted by molar-refractivity contribution is 7.12. The lowest BCUT2D eigenvalue weighted by molar-refractivity contribution is 0.0218. The third-order valence-electron chi connectivity index (χ3n) is 2.93. The maximum absolute atomic E-state index is 11.3. The number of nitrogens with zero attached hydrogens (tertiary/aromatic N) is 2. The molecule has 0 aromatic carbocycles. The van der Waals surface area contributed by atoms with Gasteiger partial charge in [-0.25, -0.2) is 4.98 Å². The van der Waals surface area contributed by atoms with E-state index in [0.717, 1.165) is 6.54 Å². The molecule has 0 radical (unpaired) electrons. The number of aromatic nitrogens is 2. The molecule has 1 saturated heterocycles. The first kappa shape index (κ1) is 13.9. The molecule has 2 aromatic rings. The Morgan fingerprint density at radius 3 is 3.19 bits per heavy atom. The lowest BCUT2D eigenvalue weighted by Gasteiger charge is -2.22. The van der Waals surface area contributed by atoms with Crippen LogP contribution in [-0.4, -0.2) is 35.6 Å². The summed E-state index contributed by atoms with van der Waals surface area (Å²) in [5, 5.41) is 4.96. The monoisotopic (exact) mass is 306 g/mol. The highest BCUT2D eigenvalue weighted by Gasteiger charge is 2.19. The SMILES string of the molecule is NC(=O)c1sccc1Oc1ccnc(C2CNCCO2)n1. The summed E-state index contributed by atoms with van der Waals surface area (Å²) in [6.07, 6.45) is 1.41. The number of carbonyl (C=O) groups excluding carboxylic acids is 1. The van der Waals surface area contributed by atoms with Crippen molar-refractivity contribution in [1.82, 2.24) is 15.3 Å². The number of primary amides is 1. The third kappa shape index (κ3) is 3.18. The van der Waals surface area contributed by atoms with Gasteiger partial charge in [-0.1, -0.05) is 0 Å². The Balaban J connectivity index is 1.79. The van der Waals surface area contributed by atoms with E-state index in [-0.39, 0.29) is 6.10 Å². The topological polar surface area (TPSA) is 99.4 Å². The largest absolute Gasteiger partial charge is 0.437 e. The van der Waals surface area contributed by atoms with Gasteiger partial charge in [-0.15, -0.1) is 11.3 Å². The Morgan fingerprint density at radius 1 is 1.52 bits per heavy atom. The number of rotatable bonds is 4. The number of nitrogens with one attached hydrogen (secondary N) is 1. The highest BCUT2D eigenvalue weighted by atomic mass is 32.1. The zero-order chi connectivity index (χ0) is 14.7. The van der Waals surface area contributed by atoms with Gasteiger partial charge in [0.05, 0.1) is 6.61 Å². The minimum absolute atomic E-state index is 0.194. The third-order valence-corrected chi connectivity index (χ3v) is 3.84. The molecule has 0 aliphatic carbocycles. The van der Waals surface area contributed by atoms with E-state index in [1.165, 1.54) is 11.3 Å². The molecule has 110 valence electrons. The molecule has 3 heterocycles. The molecule has 8 heteroatoms. The Bertz CT molecular complexity index is 640. The summed E-state index contributed by atoms with van der Waals surface area (Å²) < 4.78 is 11.2. The quantitative estimate of drug-likeness (QED) is 0.877. The van der Waals surface area contributed by atoms with Gasteiger partial charge < -0.3 is 20.5 Å². The van der Waals surface area contributed by atoms with Crippen molar-refractivity contribution in [3.8, 4) is 11.6 Å². The fraction of sp³-hybridized carbons (Fsp3) is 0.308. The first-order valence-corrected chi connectivity index (χ1v) is 7.32. The number of carbonyl (C=O) groups is 1. The molecular weight excluding hydrogens is 292 g/mol. The average molecular weight is 306 g/mol. The van der Waals surface area contributed by atoms with Crippen molar-refractivity contribution < 1.29 is 14.3 Å². The number of hydrogen-bond acceptors (Lipinski definition) is 7. The van der Waals surface area contributed by atoms with Crippen LogP contribution in [0.25, 0.3) is 0 Å². The molecule has 21 heavy (non-hydrogen) atoms. The van der Waals surface area contributed by atoms with Gasteiger partial charge in [0.1, 0.15) is 11.0 Å². The smallest absolute Gasteiger partial charge is 0.262 e. The summed E-state index contributed by atoms with van der Waals surface area (Å²) in [6.45, 7) is 2.10. The summed E-state index contributed by atoms with van der Waals surface area (Å²) >= 11 is 1.23. The van der Waals surface area contributed by atoms with Crippen molar-refractivity contribution in [1.29, 1.82) is 0 Å². The summed E-state index contributed by atoms with van der Waals surface area (Å²) in [6, 6.07) is 3.31. The molecular formula is C13H14N4O3S. The predicted octanol–water partition coefficient (Wildman–Crippen LogP) is 1.09. The van der Waals surface area contributed by atoms with E-state index in [0.29, 0.717) is 35.5 Å². The van der Waals surface area contributed by atoms with Gasteiger partial charge >= 0.3 is 0 Å². The molecule has 1 fully saturated rings. The Hall–Kier alpha value is -2.03. The zero-order valence-electron chi connectivity index (χ0n) is 11.1. The van der Waals surface area contributed by atoms with Crippen LogP contribution < -0.4 is 15.8 Å². The van der Waals surface area contributed by atoms with Gasteiger partial charge in [-0.2, -0.15) is 4.98 Å². The molecule has 3 N–H and O–H groups in total. The van der Waals surface area contributed by atoms with Gasteiger partial charge in [-0.3, -0.25) is 4.79 Å². The Kier molecular flexibility index (Phi) is 4.09. The van der Waals surface area contributed by atoms with E-state index in [1.54, 1.807) is 23.7 Å². The van der Waals surface area contributed by atoms with Crippen molar-refractivity contribution in [2.45, 2.75) is 6.10 Å². The molecule has 0 spiro atoms. The Morgan fingerprint density at radius 2 is 2.43 bits per heavy atom. The fourth-order valence-corrected chi connectivity index (χ4v) is 2.64. The van der Waals surface area contributed by atoms with Crippen molar-refractivity contribution >= 4 is 17.2 Å². The fourth-order valence-electron chi connectivity index (χ4n) is 1.97. The number of hydrogen-bond donors (Lipinski definition) is 2. The van der Waals surface area contributed by atoms with Crippen molar-refractivity contribution in [3.05, 3.63) is 34.4 Å². The molecule has 1 atom stereocenters. The zero-order valence-corrected chi connectivity index (χ0v) is 11.9. The molecule has 1 aliphatic rings. The van der Waals surface area contributed by atoms with Gasteiger partial charge in [0.25, 0.3) is 5.91 Å². The van der Waals surface area contributed by atoms with E-state index in [9.17, 15) is 4.79 Å². The number of ether oxygens (including phenoxy) is 2. The average Bonchev–Trinajstić information content (AvgIpc) is 2.97. The maximum Gasteiger partial charge on any atom is 0.262 e. The highest BCUT2D eigenvalue weighted by Crippen LogP contribution is 2.28. The minimum atomic E-state index is -0.519. The molecule has 2 aromatic heterocycles. The molecule has 0 saturated carbocycles. The van der Waals surface area contributed by atoms with Crippen LogP contribution in [0.15, 0.2) is 23.7 Å². The van der Waals surface area contributed by atoms with E-state index < -0.39 is 5.91 Å². The lowest BCUT2D eigenvalue weighted by atomic mass is 10.3. The van der Waals surface area contributed by atoms with Crippen LogP contribution in [0, 0.1) is 0 Å². The van der Waals surface area contributed by atoms with Crippen LogP contribution in [-0.2, 0) is 4.74 Å². The second-order valence-corrected chi connectivity index (χ2v) is 5.31. The van der Waals surface area contributed by atoms with Crippen LogP contribution in [0.4, 0.5) is 0 Å². The molecule has 3 rings (SSSR count). The normalized spacial score (nSPS) is 18.4. The first-order chi connectivity index (χ1) is 10.2. The van der Waals surface area contributed by atoms with Gasteiger partial charge in [-0.05, 0) is 11.4 Å². The van der Waals surface area contributed by atoms with Crippen LogP contribution in [0.3, 0.4) is 0 Å². The molecule has 7 nitrogen and oxygen atoms in total. The minimum Gasteiger partial charge on any atom is -0.437 e. The standard InChI is InChI=1S/C13H14N4O3S/c14-12(18)11-8(2-6-21-11)20-10-1-3-16-13(17-10)9-7-15-4-5-19-9/h1-3,6,9,15H,4-5,7H2,(H2,14,18). The van der Waals surface area contributed by atoms with Gasteiger partial charge in [0.15, 0.2) is 11.6 Å². The van der Waals surface area contributed by atoms with Crippen LogP contribution in [0.2, 0.25) is 0 Å². The molecule has 1 amide bonds. The number of amides is 1. The second kappa shape index (κ2) is 6.17. The van der Waals surface area contributed by atoms with E-state index in [1.807, 2.05) is 0 Å². The van der Waals surface area contributed by atoms with Crippen molar-refractivity contribution in [2.75, 3.05) is 19.7 Å². The van der Waals surface area contributed by atoms with Crippen LogP contribution in [0.1, 0.15) is 21.6 Å². The summed E-state index contributed by atoms with van der Waals surface area (Å²) in [4.78, 5) is 20.2. The van der Waals surface area contributed by atoms with Crippen molar-refractivity contribution in [3.63, 3.8) is 0 Å². The number of nitrogens with two attached hydrogens (primary N) is 1. The lowest BCUT2D eigenvalue weighted by Crippen LogP contribution is -2.34. The van der Waals surface area contributed by atoms with Crippen molar-refractivity contribution in [2.24, 2.45) is 5.73 Å². The van der Waals surface area contributed by atoms with E-state index in [4.69, 9.17) is 15.2 Å². The summed E-state index contributed by atoms with van der Waals surface area (Å²) in [5.74, 6) is 0.791. The molecule has 1 unspecified atom stereocenters. The predicted molar refractivity (Wildman–Crippen MR) is 76.5 cm³/mol. The van der Waals surface area contributed by atoms with Crippen LogP contribution >= 0.6 is 11.3 Å². The summed E-state index contributed by atoms with van der Waals surface area (Å²) in [7, 11) is 0. The van der Waals surface area contributed by atoms with Gasteiger partial charge in [0.2, 0.25) is 5.88 Å². The second-order valence-electron chi connectivity index (χ2n) is 4.40. The van der Waals surface area contributed by atoms with Gasteiger partial charge in [0, 0.05) is 25.4 Å². The first-order valence-electron chi connectivity index (χ1n) is 6.44. The maximum atomic E-state index is 11.3. The Labute approximate surface area is 125 Å². The number of morpholine rings is 1. The summed E-state index contributed by atoms with van der Waals surface area (Å²) in [5.41, 5.74) is 5.29.